The summed E-state index contributed by atoms with van der Waals surface area (Å²) >= 11 is 0. The Morgan fingerprint density at radius 2 is 1.86 bits per heavy atom. The molecule has 1 atom stereocenters. The van der Waals surface area contributed by atoms with E-state index in [2.05, 4.69) is 0 Å². The SMILES string of the molecule is Cc1cc(C)cc(OCC(F)CO)c1. The van der Waals surface area contributed by atoms with Crippen LogP contribution in [0.25, 0.3) is 0 Å². The number of hydrogen-bond donors (Lipinski definition) is 1. The number of aliphatic hydroxyl groups excluding tert-OH is 1. The van der Waals surface area contributed by atoms with Crippen molar-refractivity contribution in [2.75, 3.05) is 13.2 Å². The van der Waals surface area contributed by atoms with Gasteiger partial charge >= 0.3 is 0 Å². The number of aliphatic hydroxyl groups is 1. The van der Waals surface area contributed by atoms with Gasteiger partial charge in [-0.1, -0.05) is 6.07 Å². The van der Waals surface area contributed by atoms with E-state index in [9.17, 15) is 4.39 Å². The van der Waals surface area contributed by atoms with Gasteiger partial charge in [0.25, 0.3) is 0 Å². The van der Waals surface area contributed by atoms with Crippen LogP contribution in [-0.2, 0) is 0 Å². The molecule has 0 aliphatic heterocycles. The molecule has 78 valence electrons. The Bertz CT molecular complexity index is 279. The van der Waals surface area contributed by atoms with Crippen molar-refractivity contribution in [1.29, 1.82) is 0 Å². The molecule has 0 aliphatic rings. The van der Waals surface area contributed by atoms with Gasteiger partial charge in [-0.2, -0.15) is 0 Å². The average Bonchev–Trinajstić information content (AvgIpc) is 2.12. The molecule has 1 unspecified atom stereocenters. The van der Waals surface area contributed by atoms with Crippen LogP contribution in [0.3, 0.4) is 0 Å². The Morgan fingerprint density at radius 1 is 1.29 bits per heavy atom. The van der Waals surface area contributed by atoms with Crippen molar-refractivity contribution in [3.05, 3.63) is 29.3 Å². The van der Waals surface area contributed by atoms with Gasteiger partial charge in [0.2, 0.25) is 0 Å². The summed E-state index contributed by atoms with van der Waals surface area (Å²) in [6.07, 6.45) is -1.31. The maximum atomic E-state index is 12.6. The second kappa shape index (κ2) is 4.96. The third kappa shape index (κ3) is 3.34. The van der Waals surface area contributed by atoms with Crippen molar-refractivity contribution in [2.45, 2.75) is 20.0 Å². The zero-order valence-electron chi connectivity index (χ0n) is 8.46. The van der Waals surface area contributed by atoms with Crippen LogP contribution < -0.4 is 4.74 Å². The van der Waals surface area contributed by atoms with E-state index in [4.69, 9.17) is 9.84 Å². The number of ether oxygens (including phenoxy) is 1. The minimum Gasteiger partial charge on any atom is -0.490 e. The van der Waals surface area contributed by atoms with Crippen LogP contribution in [0.15, 0.2) is 18.2 Å². The first-order valence-electron chi connectivity index (χ1n) is 4.58. The van der Waals surface area contributed by atoms with Gasteiger partial charge in [0, 0.05) is 0 Å². The molecule has 1 aromatic carbocycles. The number of halogens is 1. The van der Waals surface area contributed by atoms with Gasteiger partial charge in [-0.3, -0.25) is 0 Å². The molecule has 1 aromatic rings. The Hall–Kier alpha value is -1.09. The summed E-state index contributed by atoms with van der Waals surface area (Å²) in [6.45, 7) is 3.32. The van der Waals surface area contributed by atoms with Gasteiger partial charge in [0.1, 0.15) is 12.4 Å². The molecule has 0 amide bonds. The predicted molar refractivity (Wildman–Crippen MR) is 53.4 cm³/mol. The standard InChI is InChI=1S/C11H15FO2/c1-8-3-9(2)5-11(4-8)14-7-10(12)6-13/h3-5,10,13H,6-7H2,1-2H3. The summed E-state index contributed by atoms with van der Waals surface area (Å²) in [6, 6.07) is 5.71. The number of rotatable bonds is 4. The Balaban J connectivity index is 2.58. The second-order valence-corrected chi connectivity index (χ2v) is 3.41. The lowest BCUT2D eigenvalue weighted by Gasteiger charge is -2.09. The maximum absolute atomic E-state index is 12.6. The molecular weight excluding hydrogens is 183 g/mol. The molecule has 0 radical (unpaired) electrons. The van der Waals surface area contributed by atoms with Crippen molar-refractivity contribution >= 4 is 0 Å². The molecule has 0 saturated heterocycles. The third-order valence-electron chi connectivity index (χ3n) is 1.82. The molecule has 0 aromatic heterocycles. The van der Waals surface area contributed by atoms with E-state index in [0.717, 1.165) is 11.1 Å². The zero-order chi connectivity index (χ0) is 10.6. The number of aryl methyl sites for hydroxylation is 2. The van der Waals surface area contributed by atoms with Gasteiger partial charge in [-0.25, -0.2) is 4.39 Å². The molecular formula is C11H15FO2. The fourth-order valence-electron chi connectivity index (χ4n) is 1.26. The van der Waals surface area contributed by atoms with Gasteiger partial charge in [-0.15, -0.1) is 0 Å². The Kier molecular flexibility index (Phi) is 3.89. The summed E-state index contributed by atoms with van der Waals surface area (Å²) in [5.41, 5.74) is 2.17. The van der Waals surface area contributed by atoms with Gasteiger partial charge in [0.05, 0.1) is 6.61 Å². The zero-order valence-corrected chi connectivity index (χ0v) is 8.46. The smallest absolute Gasteiger partial charge is 0.157 e. The topological polar surface area (TPSA) is 29.5 Å². The van der Waals surface area contributed by atoms with Gasteiger partial charge < -0.3 is 9.84 Å². The third-order valence-corrected chi connectivity index (χ3v) is 1.82. The van der Waals surface area contributed by atoms with Crippen molar-refractivity contribution in [3.63, 3.8) is 0 Å². The predicted octanol–water partition coefficient (Wildman–Crippen LogP) is 2.01. The molecule has 1 rings (SSSR count). The first kappa shape index (κ1) is 11.0. The van der Waals surface area contributed by atoms with Crippen LogP contribution in [0.1, 0.15) is 11.1 Å². The van der Waals surface area contributed by atoms with Gasteiger partial charge in [0.15, 0.2) is 6.17 Å². The Morgan fingerprint density at radius 3 is 2.36 bits per heavy atom. The highest BCUT2D eigenvalue weighted by Crippen LogP contribution is 2.16. The van der Waals surface area contributed by atoms with Crippen molar-refractivity contribution < 1.29 is 14.2 Å². The minimum absolute atomic E-state index is 0.0978. The van der Waals surface area contributed by atoms with E-state index < -0.39 is 12.8 Å². The molecule has 0 aliphatic carbocycles. The lowest BCUT2D eigenvalue weighted by Crippen LogP contribution is -2.16. The summed E-state index contributed by atoms with van der Waals surface area (Å²) in [4.78, 5) is 0. The molecule has 0 fully saturated rings. The van der Waals surface area contributed by atoms with Crippen molar-refractivity contribution in [1.82, 2.24) is 0 Å². The quantitative estimate of drug-likeness (QED) is 0.802. The van der Waals surface area contributed by atoms with Crippen LogP contribution >= 0.6 is 0 Å². The second-order valence-electron chi connectivity index (χ2n) is 3.41. The number of benzene rings is 1. The highest BCUT2D eigenvalue weighted by atomic mass is 19.1. The van der Waals surface area contributed by atoms with Crippen LogP contribution in [0.4, 0.5) is 4.39 Å². The lowest BCUT2D eigenvalue weighted by atomic mass is 10.1. The summed E-state index contributed by atoms with van der Waals surface area (Å²) < 4.78 is 17.8. The normalized spacial score (nSPS) is 12.6. The first-order chi connectivity index (χ1) is 6.61. The summed E-state index contributed by atoms with van der Waals surface area (Å²) in [7, 11) is 0. The fraction of sp³-hybridized carbons (Fsp3) is 0.455. The van der Waals surface area contributed by atoms with Crippen LogP contribution in [-0.4, -0.2) is 24.5 Å². The maximum Gasteiger partial charge on any atom is 0.157 e. The van der Waals surface area contributed by atoms with E-state index in [1.807, 2.05) is 32.0 Å². The average molecular weight is 198 g/mol. The van der Waals surface area contributed by atoms with Gasteiger partial charge in [-0.05, 0) is 37.1 Å². The van der Waals surface area contributed by atoms with E-state index >= 15 is 0 Å². The monoisotopic (exact) mass is 198 g/mol. The molecule has 0 spiro atoms. The van der Waals surface area contributed by atoms with E-state index in [0.29, 0.717) is 5.75 Å². The molecule has 3 heteroatoms. The van der Waals surface area contributed by atoms with E-state index in [1.54, 1.807) is 0 Å². The molecule has 1 N–H and O–H groups in total. The molecule has 0 heterocycles. The van der Waals surface area contributed by atoms with E-state index in [1.165, 1.54) is 0 Å². The first-order valence-corrected chi connectivity index (χ1v) is 4.58. The minimum atomic E-state index is -1.31. The summed E-state index contributed by atoms with van der Waals surface area (Å²) in [5, 5.41) is 8.47. The summed E-state index contributed by atoms with van der Waals surface area (Å²) in [5.74, 6) is 0.651. The highest BCUT2D eigenvalue weighted by molar-refractivity contribution is 5.32. The highest BCUT2D eigenvalue weighted by Gasteiger charge is 2.05. The lowest BCUT2D eigenvalue weighted by molar-refractivity contribution is 0.123. The van der Waals surface area contributed by atoms with Crippen LogP contribution in [0.5, 0.6) is 5.75 Å². The number of alkyl halides is 1. The van der Waals surface area contributed by atoms with E-state index in [-0.39, 0.29) is 6.61 Å². The molecule has 2 nitrogen and oxygen atoms in total. The van der Waals surface area contributed by atoms with Crippen molar-refractivity contribution in [3.8, 4) is 5.75 Å². The number of hydrogen-bond acceptors (Lipinski definition) is 2. The van der Waals surface area contributed by atoms with Crippen molar-refractivity contribution in [2.24, 2.45) is 0 Å². The molecule has 14 heavy (non-hydrogen) atoms. The molecule has 0 bridgehead atoms. The fourth-order valence-corrected chi connectivity index (χ4v) is 1.26. The van der Waals surface area contributed by atoms with Crippen LogP contribution in [0, 0.1) is 13.8 Å². The molecule has 0 saturated carbocycles. The van der Waals surface area contributed by atoms with Crippen LogP contribution in [0.2, 0.25) is 0 Å². The largest absolute Gasteiger partial charge is 0.490 e. The Labute approximate surface area is 83.3 Å².